The van der Waals surface area contributed by atoms with Crippen molar-refractivity contribution in [3.8, 4) is 0 Å². The van der Waals surface area contributed by atoms with Crippen LogP contribution in [0.15, 0.2) is 18.3 Å². The fourth-order valence-corrected chi connectivity index (χ4v) is 4.21. The number of nitrogens with zero attached hydrogens (tertiary/aromatic N) is 4. The summed E-state index contributed by atoms with van der Waals surface area (Å²) in [4.78, 5) is 32.8. The molecule has 2 saturated heterocycles. The molecule has 6 nitrogen and oxygen atoms in total. The number of aryl methyl sites for hydroxylation is 1. The average molecular weight is 372 g/mol. The summed E-state index contributed by atoms with van der Waals surface area (Å²) in [5, 5.41) is 0. The molecule has 2 amide bonds. The summed E-state index contributed by atoms with van der Waals surface area (Å²) in [5.74, 6) is -0.741. The van der Waals surface area contributed by atoms with Crippen molar-refractivity contribution in [3.63, 3.8) is 0 Å². The van der Waals surface area contributed by atoms with E-state index in [-0.39, 0.29) is 23.6 Å². The Morgan fingerprint density at radius 3 is 2.89 bits per heavy atom. The lowest BCUT2D eigenvalue weighted by Gasteiger charge is -2.36. The maximum atomic E-state index is 14.8. The number of amides is 2. The van der Waals surface area contributed by atoms with Crippen molar-refractivity contribution in [2.45, 2.75) is 51.5 Å². The number of piperidine rings is 1. The van der Waals surface area contributed by atoms with Gasteiger partial charge in [0.15, 0.2) is 5.69 Å². The smallest absolute Gasteiger partial charge is 0.277 e. The summed E-state index contributed by atoms with van der Waals surface area (Å²) in [6.07, 6.45) is 6.79. The molecule has 27 heavy (non-hydrogen) atoms. The quantitative estimate of drug-likeness (QED) is 0.829. The van der Waals surface area contributed by atoms with E-state index in [1.54, 1.807) is 17.2 Å². The molecule has 2 aromatic heterocycles. The molecule has 0 spiro atoms. The first-order chi connectivity index (χ1) is 13.0. The molecule has 0 bridgehead atoms. The van der Waals surface area contributed by atoms with Crippen LogP contribution >= 0.6 is 0 Å². The minimum absolute atomic E-state index is 0.0330. The van der Waals surface area contributed by atoms with Gasteiger partial charge in [0, 0.05) is 38.3 Å². The molecular weight excluding hydrogens is 347 g/mol. The normalized spacial score (nSPS) is 20.7. The monoisotopic (exact) mass is 372 g/mol. The molecule has 4 rings (SSSR count). The Kier molecular flexibility index (Phi) is 4.85. The minimum atomic E-state index is -0.599. The lowest BCUT2D eigenvalue weighted by Crippen LogP contribution is -2.45. The van der Waals surface area contributed by atoms with Gasteiger partial charge in [0.25, 0.3) is 5.91 Å². The number of halogens is 1. The zero-order valence-electron chi connectivity index (χ0n) is 15.7. The van der Waals surface area contributed by atoms with Crippen molar-refractivity contribution >= 4 is 17.5 Å². The molecule has 0 radical (unpaired) electrons. The van der Waals surface area contributed by atoms with Gasteiger partial charge in [-0.25, -0.2) is 4.98 Å². The Hall–Kier alpha value is -2.44. The Labute approximate surface area is 158 Å². The Bertz CT molecular complexity index is 878. The third-order valence-corrected chi connectivity index (χ3v) is 5.70. The summed E-state index contributed by atoms with van der Waals surface area (Å²) in [6, 6.07) is 3.61. The third-order valence-electron chi connectivity index (χ3n) is 5.70. The van der Waals surface area contributed by atoms with Gasteiger partial charge >= 0.3 is 0 Å². The van der Waals surface area contributed by atoms with E-state index >= 15 is 0 Å². The molecule has 0 unspecified atom stereocenters. The summed E-state index contributed by atoms with van der Waals surface area (Å²) in [5.41, 5.74) is 1.24. The maximum absolute atomic E-state index is 14.8. The predicted molar refractivity (Wildman–Crippen MR) is 99.0 cm³/mol. The van der Waals surface area contributed by atoms with Crippen LogP contribution in [0.4, 0.5) is 4.39 Å². The molecular formula is C20H25FN4O2. The van der Waals surface area contributed by atoms with Crippen molar-refractivity contribution in [2.24, 2.45) is 0 Å². The molecule has 0 aliphatic carbocycles. The van der Waals surface area contributed by atoms with E-state index in [1.165, 1.54) is 4.40 Å². The molecule has 2 fully saturated rings. The minimum Gasteiger partial charge on any atom is -0.343 e. The number of rotatable bonds is 4. The third kappa shape index (κ3) is 3.42. The van der Waals surface area contributed by atoms with Gasteiger partial charge in [0.1, 0.15) is 5.65 Å². The van der Waals surface area contributed by atoms with Crippen molar-refractivity contribution in [1.29, 1.82) is 0 Å². The number of pyridine rings is 1. The number of hydrogen-bond donors (Lipinski definition) is 0. The van der Waals surface area contributed by atoms with E-state index in [4.69, 9.17) is 0 Å². The van der Waals surface area contributed by atoms with Crippen molar-refractivity contribution in [1.82, 2.24) is 19.2 Å². The van der Waals surface area contributed by atoms with E-state index < -0.39 is 5.95 Å². The van der Waals surface area contributed by atoms with Gasteiger partial charge in [-0.1, -0.05) is 6.07 Å². The van der Waals surface area contributed by atoms with Crippen molar-refractivity contribution in [3.05, 3.63) is 35.5 Å². The lowest BCUT2D eigenvalue weighted by molar-refractivity contribution is -0.127. The Morgan fingerprint density at radius 2 is 2.11 bits per heavy atom. The summed E-state index contributed by atoms with van der Waals surface area (Å²) in [7, 11) is 0. The Morgan fingerprint density at radius 1 is 1.26 bits per heavy atom. The van der Waals surface area contributed by atoms with Gasteiger partial charge in [0.05, 0.1) is 0 Å². The molecule has 0 saturated carbocycles. The van der Waals surface area contributed by atoms with Crippen LogP contribution in [0, 0.1) is 12.9 Å². The molecule has 2 aliphatic heterocycles. The van der Waals surface area contributed by atoms with Crippen LogP contribution in [-0.4, -0.2) is 56.7 Å². The fraction of sp³-hybridized carbons (Fsp3) is 0.550. The van der Waals surface area contributed by atoms with Gasteiger partial charge < -0.3 is 9.80 Å². The second-order valence-electron chi connectivity index (χ2n) is 7.61. The van der Waals surface area contributed by atoms with Crippen molar-refractivity contribution < 1.29 is 14.0 Å². The van der Waals surface area contributed by atoms with Gasteiger partial charge in [-0.05, 0) is 50.7 Å². The fourth-order valence-electron chi connectivity index (χ4n) is 4.21. The zero-order valence-corrected chi connectivity index (χ0v) is 15.7. The molecule has 0 N–H and O–H groups in total. The molecule has 2 aromatic rings. The summed E-state index contributed by atoms with van der Waals surface area (Å²) >= 11 is 0. The summed E-state index contributed by atoms with van der Waals surface area (Å²) < 4.78 is 16.2. The van der Waals surface area contributed by atoms with E-state index in [0.29, 0.717) is 25.2 Å². The van der Waals surface area contributed by atoms with Gasteiger partial charge in [-0.3, -0.25) is 14.0 Å². The second kappa shape index (κ2) is 7.29. The summed E-state index contributed by atoms with van der Waals surface area (Å²) in [6.45, 7) is 3.96. The molecule has 4 heterocycles. The van der Waals surface area contributed by atoms with Gasteiger partial charge in [-0.15, -0.1) is 0 Å². The largest absolute Gasteiger partial charge is 0.343 e. The van der Waals surface area contributed by atoms with Crippen LogP contribution < -0.4 is 0 Å². The van der Waals surface area contributed by atoms with Crippen molar-refractivity contribution in [2.75, 3.05) is 19.6 Å². The SMILES string of the molecule is Cc1ccc2nc(C(=O)N3CCCC[C@@H]3CCN3CCCC3=O)c(F)n2c1. The van der Waals surface area contributed by atoms with E-state index in [1.807, 2.05) is 17.9 Å². The maximum Gasteiger partial charge on any atom is 0.277 e. The van der Waals surface area contributed by atoms with Crippen LogP contribution in [0.3, 0.4) is 0 Å². The van der Waals surface area contributed by atoms with Gasteiger partial charge in [0.2, 0.25) is 11.9 Å². The average Bonchev–Trinajstić information content (AvgIpc) is 3.23. The predicted octanol–water partition coefficient (Wildman–Crippen LogP) is 2.79. The van der Waals surface area contributed by atoms with E-state index in [9.17, 15) is 14.0 Å². The first-order valence-electron chi connectivity index (χ1n) is 9.77. The lowest BCUT2D eigenvalue weighted by atomic mass is 9.98. The highest BCUT2D eigenvalue weighted by atomic mass is 19.1. The number of aromatic nitrogens is 2. The molecule has 2 aliphatic rings. The Balaban J connectivity index is 1.53. The second-order valence-corrected chi connectivity index (χ2v) is 7.61. The highest BCUT2D eigenvalue weighted by Gasteiger charge is 2.32. The van der Waals surface area contributed by atoms with Crippen LogP contribution in [0.1, 0.15) is 54.6 Å². The number of fused-ring (bicyclic) bond motifs is 1. The molecule has 0 aromatic carbocycles. The molecule has 144 valence electrons. The molecule has 7 heteroatoms. The highest BCUT2D eigenvalue weighted by molar-refractivity contribution is 5.93. The standard InChI is InChI=1S/C20H25FN4O2/c1-14-7-8-16-22-18(19(21)25(16)13-14)20(27)24-11-3-2-5-15(24)9-12-23-10-4-6-17(23)26/h7-8,13,15H,2-6,9-12H2,1H3/t15-/m1/s1. The van der Waals surface area contributed by atoms with Crippen LogP contribution in [-0.2, 0) is 4.79 Å². The number of hydrogen-bond acceptors (Lipinski definition) is 3. The van der Waals surface area contributed by atoms with Crippen LogP contribution in [0.2, 0.25) is 0 Å². The number of imidazole rings is 1. The first-order valence-corrected chi connectivity index (χ1v) is 9.77. The zero-order chi connectivity index (χ0) is 19.0. The van der Waals surface area contributed by atoms with E-state index in [0.717, 1.165) is 44.2 Å². The van der Waals surface area contributed by atoms with Crippen LogP contribution in [0.25, 0.3) is 5.65 Å². The number of carbonyl (C=O) groups is 2. The van der Waals surface area contributed by atoms with E-state index in [2.05, 4.69) is 4.98 Å². The highest BCUT2D eigenvalue weighted by Crippen LogP contribution is 2.24. The first kappa shape index (κ1) is 17.9. The number of likely N-dealkylation sites (tertiary alicyclic amines) is 2. The van der Waals surface area contributed by atoms with Gasteiger partial charge in [-0.2, -0.15) is 4.39 Å². The van der Waals surface area contributed by atoms with Crippen LogP contribution in [0.5, 0.6) is 0 Å². The molecule has 1 atom stereocenters. The topological polar surface area (TPSA) is 57.9 Å². The number of carbonyl (C=O) groups excluding carboxylic acids is 2.